The van der Waals surface area contributed by atoms with Crippen LogP contribution >= 0.6 is 0 Å². The molecule has 2 rings (SSSR count). The Balaban J connectivity index is 2.07. The SMILES string of the molecule is C[C@H]1C/C(=C/NCCO)O[C@H]1c1ccc(C(F)(F)F)cc1. The number of aliphatic hydroxyl groups is 1. The number of nitrogens with one attached hydrogen (secondary N) is 1. The Kier molecular flexibility index (Phi) is 4.77. The van der Waals surface area contributed by atoms with Gasteiger partial charge in [-0.2, -0.15) is 13.2 Å². The second-order valence-electron chi connectivity index (χ2n) is 5.13. The molecule has 0 amide bonds. The van der Waals surface area contributed by atoms with Crippen LogP contribution in [0.15, 0.2) is 36.2 Å². The van der Waals surface area contributed by atoms with E-state index in [1.807, 2.05) is 6.92 Å². The average Bonchev–Trinajstić information content (AvgIpc) is 2.79. The lowest BCUT2D eigenvalue weighted by molar-refractivity contribution is -0.137. The van der Waals surface area contributed by atoms with Gasteiger partial charge in [-0.15, -0.1) is 0 Å². The Morgan fingerprint density at radius 1 is 1.33 bits per heavy atom. The first-order chi connectivity index (χ1) is 9.91. The van der Waals surface area contributed by atoms with Gasteiger partial charge in [-0.05, 0) is 17.7 Å². The lowest BCUT2D eigenvalue weighted by Gasteiger charge is -2.16. The maximum Gasteiger partial charge on any atom is 0.416 e. The van der Waals surface area contributed by atoms with Crippen LogP contribution in [0.3, 0.4) is 0 Å². The van der Waals surface area contributed by atoms with E-state index in [4.69, 9.17) is 9.84 Å². The van der Waals surface area contributed by atoms with Gasteiger partial charge < -0.3 is 15.2 Å². The molecule has 0 radical (unpaired) electrons. The minimum atomic E-state index is -4.32. The van der Waals surface area contributed by atoms with Crippen LogP contribution in [-0.2, 0) is 10.9 Å². The van der Waals surface area contributed by atoms with Crippen LogP contribution in [0.5, 0.6) is 0 Å². The summed E-state index contributed by atoms with van der Waals surface area (Å²) in [6.07, 6.45) is -2.14. The second-order valence-corrected chi connectivity index (χ2v) is 5.13. The topological polar surface area (TPSA) is 41.5 Å². The van der Waals surface area contributed by atoms with Crippen molar-refractivity contribution in [3.63, 3.8) is 0 Å². The monoisotopic (exact) mass is 301 g/mol. The summed E-state index contributed by atoms with van der Waals surface area (Å²) in [7, 11) is 0. The van der Waals surface area contributed by atoms with Crippen molar-refractivity contribution in [3.8, 4) is 0 Å². The van der Waals surface area contributed by atoms with Crippen molar-refractivity contribution >= 4 is 0 Å². The van der Waals surface area contributed by atoms with Gasteiger partial charge in [0.15, 0.2) is 0 Å². The molecule has 0 bridgehead atoms. The summed E-state index contributed by atoms with van der Waals surface area (Å²) in [5.74, 6) is 0.935. The molecule has 0 unspecified atom stereocenters. The first-order valence-corrected chi connectivity index (χ1v) is 6.79. The third kappa shape index (κ3) is 3.91. The van der Waals surface area contributed by atoms with Gasteiger partial charge in [0.2, 0.25) is 0 Å². The Morgan fingerprint density at radius 3 is 2.57 bits per heavy atom. The third-order valence-corrected chi connectivity index (χ3v) is 3.40. The number of alkyl halides is 3. The van der Waals surface area contributed by atoms with Crippen LogP contribution in [-0.4, -0.2) is 18.3 Å². The van der Waals surface area contributed by atoms with E-state index in [-0.39, 0.29) is 18.6 Å². The molecular weight excluding hydrogens is 283 g/mol. The zero-order valence-electron chi connectivity index (χ0n) is 11.7. The van der Waals surface area contributed by atoms with Gasteiger partial charge in [-0.1, -0.05) is 19.1 Å². The molecule has 2 atom stereocenters. The molecule has 0 saturated carbocycles. The van der Waals surface area contributed by atoms with E-state index in [1.165, 1.54) is 12.1 Å². The molecule has 116 valence electrons. The van der Waals surface area contributed by atoms with E-state index in [2.05, 4.69) is 5.32 Å². The van der Waals surface area contributed by atoms with E-state index >= 15 is 0 Å². The van der Waals surface area contributed by atoms with Crippen LogP contribution < -0.4 is 5.32 Å². The van der Waals surface area contributed by atoms with Gasteiger partial charge in [-0.3, -0.25) is 0 Å². The largest absolute Gasteiger partial charge is 0.488 e. The van der Waals surface area contributed by atoms with Gasteiger partial charge in [0.1, 0.15) is 11.9 Å². The number of rotatable bonds is 4. The molecule has 1 saturated heterocycles. The molecule has 3 nitrogen and oxygen atoms in total. The summed E-state index contributed by atoms with van der Waals surface area (Å²) in [4.78, 5) is 0. The minimum Gasteiger partial charge on any atom is -0.488 e. The minimum absolute atomic E-state index is 0.0294. The number of benzene rings is 1. The Bertz CT molecular complexity index is 497. The van der Waals surface area contributed by atoms with Crippen molar-refractivity contribution in [1.82, 2.24) is 5.32 Å². The van der Waals surface area contributed by atoms with Crippen LogP contribution in [0.1, 0.15) is 30.6 Å². The van der Waals surface area contributed by atoms with E-state index in [0.717, 1.165) is 23.5 Å². The fourth-order valence-electron chi connectivity index (χ4n) is 2.35. The van der Waals surface area contributed by atoms with E-state index in [1.54, 1.807) is 6.20 Å². The number of hydrogen-bond donors (Lipinski definition) is 2. The van der Waals surface area contributed by atoms with Gasteiger partial charge >= 0.3 is 6.18 Å². The van der Waals surface area contributed by atoms with E-state index in [9.17, 15) is 13.2 Å². The average molecular weight is 301 g/mol. The Labute approximate surface area is 121 Å². The Hall–Kier alpha value is -1.69. The summed E-state index contributed by atoms with van der Waals surface area (Å²) >= 11 is 0. The highest BCUT2D eigenvalue weighted by Gasteiger charge is 2.33. The molecule has 1 aromatic carbocycles. The number of hydrogen-bond acceptors (Lipinski definition) is 3. The lowest BCUT2D eigenvalue weighted by Crippen LogP contribution is -2.11. The van der Waals surface area contributed by atoms with Crippen LogP contribution in [0.4, 0.5) is 13.2 Å². The highest BCUT2D eigenvalue weighted by atomic mass is 19.4. The van der Waals surface area contributed by atoms with Gasteiger partial charge in [0.25, 0.3) is 0 Å². The number of allylic oxidation sites excluding steroid dienone is 1. The molecule has 0 aromatic heterocycles. The molecule has 1 heterocycles. The zero-order valence-corrected chi connectivity index (χ0v) is 11.7. The normalized spacial score (nSPS) is 24.1. The van der Waals surface area contributed by atoms with E-state index < -0.39 is 11.7 Å². The molecule has 1 aliphatic rings. The number of aliphatic hydroxyl groups excluding tert-OH is 1. The maximum atomic E-state index is 12.5. The predicted octanol–water partition coefficient (Wildman–Crippen LogP) is 3.23. The van der Waals surface area contributed by atoms with Gasteiger partial charge in [0.05, 0.1) is 12.2 Å². The number of halogens is 3. The fraction of sp³-hybridized carbons (Fsp3) is 0.467. The second kappa shape index (κ2) is 6.39. The molecule has 0 spiro atoms. The Morgan fingerprint density at radius 2 is 2.00 bits per heavy atom. The molecule has 2 N–H and O–H groups in total. The summed E-state index contributed by atoms with van der Waals surface area (Å²) in [6, 6.07) is 5.09. The molecule has 0 aliphatic carbocycles. The smallest absolute Gasteiger partial charge is 0.416 e. The van der Waals surface area contributed by atoms with Crippen LogP contribution in [0, 0.1) is 5.92 Å². The quantitative estimate of drug-likeness (QED) is 0.839. The van der Waals surface area contributed by atoms with Crippen molar-refractivity contribution in [3.05, 3.63) is 47.4 Å². The first kappa shape index (κ1) is 15.7. The third-order valence-electron chi connectivity index (χ3n) is 3.40. The summed E-state index contributed by atoms with van der Waals surface area (Å²) < 4.78 is 43.4. The van der Waals surface area contributed by atoms with Gasteiger partial charge in [0, 0.05) is 25.1 Å². The first-order valence-electron chi connectivity index (χ1n) is 6.79. The highest BCUT2D eigenvalue weighted by Crippen LogP contribution is 2.40. The molecular formula is C15H18F3NO2. The fourth-order valence-corrected chi connectivity index (χ4v) is 2.35. The molecule has 21 heavy (non-hydrogen) atoms. The van der Waals surface area contributed by atoms with Crippen molar-refractivity contribution in [2.24, 2.45) is 5.92 Å². The lowest BCUT2D eigenvalue weighted by atomic mass is 9.96. The summed E-state index contributed by atoms with van der Waals surface area (Å²) in [6.45, 7) is 2.46. The molecule has 1 fully saturated rings. The van der Waals surface area contributed by atoms with Crippen LogP contribution in [0.2, 0.25) is 0 Å². The van der Waals surface area contributed by atoms with Crippen molar-refractivity contribution < 1.29 is 23.0 Å². The number of ether oxygens (including phenoxy) is 1. The highest BCUT2D eigenvalue weighted by molar-refractivity contribution is 5.27. The predicted molar refractivity (Wildman–Crippen MR) is 72.2 cm³/mol. The molecule has 1 aliphatic heterocycles. The van der Waals surface area contributed by atoms with Gasteiger partial charge in [-0.25, -0.2) is 0 Å². The van der Waals surface area contributed by atoms with Crippen molar-refractivity contribution in [1.29, 1.82) is 0 Å². The van der Waals surface area contributed by atoms with Crippen LogP contribution in [0.25, 0.3) is 0 Å². The molecule has 6 heteroatoms. The van der Waals surface area contributed by atoms with Crippen molar-refractivity contribution in [2.45, 2.75) is 25.6 Å². The molecule has 1 aromatic rings. The summed E-state index contributed by atoms with van der Waals surface area (Å²) in [5.41, 5.74) is 0.0818. The summed E-state index contributed by atoms with van der Waals surface area (Å²) in [5, 5.41) is 11.6. The standard InChI is InChI=1S/C15H18F3NO2/c1-10-8-13(9-19-6-7-20)21-14(10)11-2-4-12(5-3-11)15(16,17)18/h2-5,9-10,14,19-20H,6-8H2,1H3/b13-9-/t10-,14+/m0/s1. The van der Waals surface area contributed by atoms with E-state index in [0.29, 0.717) is 13.0 Å². The van der Waals surface area contributed by atoms with Crippen molar-refractivity contribution in [2.75, 3.05) is 13.2 Å². The maximum absolute atomic E-state index is 12.5. The zero-order chi connectivity index (χ0) is 15.5.